The summed E-state index contributed by atoms with van der Waals surface area (Å²) in [6.07, 6.45) is 10.5. The molecule has 1 aliphatic carbocycles. The van der Waals surface area contributed by atoms with Crippen LogP contribution in [0.3, 0.4) is 0 Å². The van der Waals surface area contributed by atoms with Crippen molar-refractivity contribution in [3.8, 4) is 0 Å². The highest BCUT2D eigenvalue weighted by molar-refractivity contribution is 6.19. The summed E-state index contributed by atoms with van der Waals surface area (Å²) in [5.74, 6) is 1.24. The molecule has 0 radical (unpaired) electrons. The molecule has 1 atom stereocenters. The predicted octanol–water partition coefficient (Wildman–Crippen LogP) is 2.16. The van der Waals surface area contributed by atoms with Crippen molar-refractivity contribution in [2.24, 2.45) is 4.99 Å². The van der Waals surface area contributed by atoms with Crippen LogP contribution in [0.15, 0.2) is 11.2 Å². The van der Waals surface area contributed by atoms with Crippen molar-refractivity contribution < 1.29 is 14.2 Å². The first-order chi connectivity index (χ1) is 14.1. The minimum atomic E-state index is -0.518. The average Bonchev–Trinajstić information content (AvgIpc) is 3.42. The lowest BCUT2D eigenvalue weighted by atomic mass is 10.1. The Morgan fingerprint density at radius 2 is 1.79 bits per heavy atom. The highest BCUT2D eigenvalue weighted by Gasteiger charge is 2.53. The van der Waals surface area contributed by atoms with Gasteiger partial charge in [0.05, 0.1) is 6.04 Å². The van der Waals surface area contributed by atoms with Gasteiger partial charge >= 0.3 is 12.0 Å². The lowest BCUT2D eigenvalue weighted by Gasteiger charge is -2.35. The van der Waals surface area contributed by atoms with E-state index in [1.807, 2.05) is 10.8 Å². The van der Waals surface area contributed by atoms with Crippen LogP contribution in [-0.2, 0) is 4.79 Å². The third-order valence-electron chi connectivity index (χ3n) is 7.03. The zero-order valence-electron chi connectivity index (χ0n) is 17.5. The van der Waals surface area contributed by atoms with Gasteiger partial charge in [-0.3, -0.25) is 14.6 Å². The number of hydrogen-bond donors (Lipinski definition) is 0. The van der Waals surface area contributed by atoms with Crippen LogP contribution in [0.1, 0.15) is 62.7 Å². The molecular formula is C21H31N6O2+. The molecule has 3 amide bonds. The Kier molecular flexibility index (Phi) is 4.69. The zero-order chi connectivity index (χ0) is 20.1. The average molecular weight is 400 g/mol. The summed E-state index contributed by atoms with van der Waals surface area (Å²) in [4.78, 5) is 36.5. The number of urea groups is 1. The van der Waals surface area contributed by atoms with Gasteiger partial charge in [-0.1, -0.05) is 11.4 Å². The Morgan fingerprint density at radius 1 is 1.07 bits per heavy atom. The molecule has 156 valence electrons. The number of amidine groups is 1. The van der Waals surface area contributed by atoms with Crippen molar-refractivity contribution in [3.63, 3.8) is 0 Å². The first-order valence-electron chi connectivity index (χ1n) is 11.1. The molecule has 0 N–H and O–H groups in total. The number of aliphatic imine (C=N–C) groups is 1. The van der Waals surface area contributed by atoms with Gasteiger partial charge in [-0.05, 0) is 58.5 Å². The van der Waals surface area contributed by atoms with E-state index >= 15 is 0 Å². The number of carbonyl (C=O) groups excluding carboxylic acids is 2. The number of fused-ring (bicyclic) bond motifs is 3. The number of likely N-dealkylation sites (N-methyl/N-ethyl adjacent to an activating group) is 1. The smallest absolute Gasteiger partial charge is 0.302 e. The third-order valence-corrected chi connectivity index (χ3v) is 7.03. The SMILES string of the molecule is Cc1c[n+]2c(n1C1CCCC1)N=C1C2C(=O)N(CCN2CCCCC2)C(=O)N1C. The van der Waals surface area contributed by atoms with E-state index in [-0.39, 0.29) is 11.9 Å². The largest absolute Gasteiger partial charge is 0.402 e. The first kappa shape index (κ1) is 18.8. The number of aromatic nitrogens is 2. The van der Waals surface area contributed by atoms with Crippen molar-refractivity contribution >= 4 is 23.7 Å². The number of aryl methyl sites for hydroxylation is 1. The van der Waals surface area contributed by atoms with E-state index in [9.17, 15) is 9.59 Å². The number of imidazole rings is 1. The standard InChI is InChI=1S/C21H31N6O2/c1-15-14-26-17-18(22-20(26)27(15)16-8-4-5-9-16)23(2)21(29)25(19(17)28)13-12-24-10-6-3-7-11-24/h14,16-17H,3-13H2,1-2H3/q+1. The number of rotatable bonds is 4. The quantitative estimate of drug-likeness (QED) is 0.729. The second kappa shape index (κ2) is 7.23. The van der Waals surface area contributed by atoms with Gasteiger partial charge in [0.25, 0.3) is 5.91 Å². The van der Waals surface area contributed by atoms with E-state index in [2.05, 4.69) is 16.4 Å². The van der Waals surface area contributed by atoms with Crippen molar-refractivity contribution in [2.45, 2.75) is 64.0 Å². The molecule has 1 aromatic rings. The molecule has 1 saturated carbocycles. The molecule has 29 heavy (non-hydrogen) atoms. The zero-order valence-corrected chi connectivity index (χ0v) is 17.5. The van der Waals surface area contributed by atoms with Gasteiger partial charge in [-0.15, -0.1) is 0 Å². The highest BCUT2D eigenvalue weighted by Crippen LogP contribution is 2.37. The molecule has 4 heterocycles. The van der Waals surface area contributed by atoms with Crippen LogP contribution >= 0.6 is 0 Å². The Morgan fingerprint density at radius 3 is 2.52 bits per heavy atom. The number of piperidine rings is 1. The Hall–Kier alpha value is -2.22. The molecule has 8 nitrogen and oxygen atoms in total. The Labute approximate surface area is 171 Å². The van der Waals surface area contributed by atoms with E-state index in [4.69, 9.17) is 4.99 Å². The molecule has 8 heteroatoms. The molecule has 4 aliphatic rings. The van der Waals surface area contributed by atoms with E-state index in [0.717, 1.165) is 44.1 Å². The van der Waals surface area contributed by atoms with Crippen molar-refractivity contribution in [3.05, 3.63) is 11.9 Å². The molecule has 3 fully saturated rings. The van der Waals surface area contributed by atoms with Gasteiger partial charge in [0, 0.05) is 20.1 Å². The predicted molar refractivity (Wildman–Crippen MR) is 108 cm³/mol. The number of amides is 3. The van der Waals surface area contributed by atoms with Crippen LogP contribution in [0.4, 0.5) is 10.7 Å². The number of nitrogens with zero attached hydrogens (tertiary/aromatic N) is 6. The van der Waals surface area contributed by atoms with Gasteiger partial charge in [-0.25, -0.2) is 13.9 Å². The van der Waals surface area contributed by atoms with Crippen molar-refractivity contribution in [1.82, 2.24) is 19.3 Å². The summed E-state index contributed by atoms with van der Waals surface area (Å²) < 4.78 is 4.27. The molecule has 2 saturated heterocycles. The monoisotopic (exact) mass is 399 g/mol. The summed E-state index contributed by atoms with van der Waals surface area (Å²) in [5.41, 5.74) is 1.14. The minimum absolute atomic E-state index is 0.142. The second-order valence-electron chi connectivity index (χ2n) is 8.89. The summed E-state index contributed by atoms with van der Waals surface area (Å²) in [6.45, 7) is 5.42. The molecule has 0 spiro atoms. The second-order valence-corrected chi connectivity index (χ2v) is 8.89. The van der Waals surface area contributed by atoms with Crippen LogP contribution in [0.5, 0.6) is 0 Å². The van der Waals surface area contributed by atoms with Crippen LogP contribution in [0, 0.1) is 6.92 Å². The number of hydrogen-bond acceptors (Lipinski definition) is 4. The first-order valence-corrected chi connectivity index (χ1v) is 11.1. The normalized spacial score (nSPS) is 25.6. The number of likely N-dealkylation sites (tertiary alicyclic amines) is 1. The van der Waals surface area contributed by atoms with Crippen LogP contribution in [-0.4, -0.2) is 70.3 Å². The third kappa shape index (κ3) is 2.99. The van der Waals surface area contributed by atoms with Crippen LogP contribution in [0.25, 0.3) is 0 Å². The fourth-order valence-electron chi connectivity index (χ4n) is 5.45. The van der Waals surface area contributed by atoms with Crippen molar-refractivity contribution in [2.75, 3.05) is 33.2 Å². The topological polar surface area (TPSA) is 65.0 Å². The molecule has 0 bridgehead atoms. The fraction of sp³-hybridized carbons (Fsp3) is 0.714. The lowest BCUT2D eigenvalue weighted by molar-refractivity contribution is -0.677. The summed E-state index contributed by atoms with van der Waals surface area (Å²) in [7, 11) is 1.74. The maximum Gasteiger partial charge on any atom is 0.402 e. The summed E-state index contributed by atoms with van der Waals surface area (Å²) in [5, 5.41) is 0. The van der Waals surface area contributed by atoms with Gasteiger partial charge in [0.1, 0.15) is 11.9 Å². The van der Waals surface area contributed by atoms with E-state index < -0.39 is 6.04 Å². The van der Waals surface area contributed by atoms with E-state index in [1.165, 1.54) is 37.0 Å². The fourth-order valence-corrected chi connectivity index (χ4v) is 5.45. The molecule has 1 unspecified atom stereocenters. The molecule has 0 aromatic carbocycles. The molecule has 1 aromatic heterocycles. The maximum atomic E-state index is 13.4. The summed E-state index contributed by atoms with van der Waals surface area (Å²) in [6, 6.07) is -0.325. The number of carbonyl (C=O) groups is 2. The van der Waals surface area contributed by atoms with E-state index in [0.29, 0.717) is 18.4 Å². The lowest BCUT2D eigenvalue weighted by Crippen LogP contribution is -2.63. The van der Waals surface area contributed by atoms with Gasteiger partial charge in [0.15, 0.2) is 0 Å². The molecule has 5 rings (SSSR count). The molecular weight excluding hydrogens is 368 g/mol. The van der Waals surface area contributed by atoms with E-state index in [1.54, 1.807) is 11.9 Å². The minimum Gasteiger partial charge on any atom is -0.302 e. The maximum absolute atomic E-state index is 13.4. The van der Waals surface area contributed by atoms with Crippen LogP contribution in [0.2, 0.25) is 0 Å². The van der Waals surface area contributed by atoms with Gasteiger partial charge < -0.3 is 4.90 Å². The van der Waals surface area contributed by atoms with Gasteiger partial charge in [0.2, 0.25) is 11.9 Å². The van der Waals surface area contributed by atoms with Crippen LogP contribution < -0.4 is 4.57 Å². The Bertz CT molecular complexity index is 863. The summed E-state index contributed by atoms with van der Waals surface area (Å²) >= 11 is 0. The van der Waals surface area contributed by atoms with Crippen molar-refractivity contribution in [1.29, 1.82) is 0 Å². The van der Waals surface area contributed by atoms with Gasteiger partial charge in [-0.2, -0.15) is 0 Å². The molecule has 3 aliphatic heterocycles. The number of imide groups is 1. The highest BCUT2D eigenvalue weighted by atomic mass is 16.2. The Balaban J connectivity index is 1.42.